The van der Waals surface area contributed by atoms with E-state index in [1.807, 2.05) is 0 Å². The normalized spacial score (nSPS) is 10.9. The minimum Gasteiger partial charge on any atom is -0.495 e. The highest BCUT2D eigenvalue weighted by Crippen LogP contribution is 2.30. The summed E-state index contributed by atoms with van der Waals surface area (Å²) < 4.78 is 32.5. The fraction of sp³-hybridized carbons (Fsp3) is 0.0952. The summed E-state index contributed by atoms with van der Waals surface area (Å²) in [5.74, 6) is -0.691. The minimum absolute atomic E-state index is 0.00982. The quantitative estimate of drug-likeness (QED) is 0.356. The molecule has 0 aromatic heterocycles. The number of non-ortho nitro benzene ring substituents is 2. The summed E-state index contributed by atoms with van der Waals surface area (Å²) in [5, 5.41) is 24.5. The molecule has 0 aliphatic rings. The van der Waals surface area contributed by atoms with Crippen LogP contribution in [0.25, 0.3) is 0 Å². The number of carbonyl (C=O) groups is 1. The highest BCUT2D eigenvalue weighted by molar-refractivity contribution is 7.92. The van der Waals surface area contributed by atoms with Crippen molar-refractivity contribution in [1.29, 1.82) is 0 Å². The van der Waals surface area contributed by atoms with Crippen LogP contribution in [0.5, 0.6) is 5.75 Å². The number of carbonyl (C=O) groups excluding carboxylic acids is 1. The Morgan fingerprint density at radius 2 is 1.53 bits per heavy atom. The molecule has 13 heteroatoms. The fourth-order valence-electron chi connectivity index (χ4n) is 3.00. The van der Waals surface area contributed by atoms with E-state index in [0.717, 1.165) is 22.5 Å². The van der Waals surface area contributed by atoms with Gasteiger partial charge in [0.1, 0.15) is 12.3 Å². The molecule has 3 aromatic rings. The average Bonchev–Trinajstić information content (AvgIpc) is 2.83. The van der Waals surface area contributed by atoms with Crippen molar-refractivity contribution in [2.45, 2.75) is 4.90 Å². The van der Waals surface area contributed by atoms with Gasteiger partial charge in [-0.15, -0.1) is 0 Å². The third-order valence-electron chi connectivity index (χ3n) is 4.63. The molecule has 0 radical (unpaired) electrons. The molecule has 1 N–H and O–H groups in total. The summed E-state index contributed by atoms with van der Waals surface area (Å²) in [5.41, 5.74) is -0.579. The first-order valence-corrected chi connectivity index (χ1v) is 11.0. The van der Waals surface area contributed by atoms with Gasteiger partial charge in [-0.1, -0.05) is 18.2 Å². The lowest BCUT2D eigenvalue weighted by Gasteiger charge is -2.24. The van der Waals surface area contributed by atoms with E-state index in [1.54, 1.807) is 6.07 Å². The summed E-state index contributed by atoms with van der Waals surface area (Å²) in [6, 6.07) is 15.5. The predicted octanol–water partition coefficient (Wildman–Crippen LogP) is 3.35. The number of hydrogen-bond acceptors (Lipinski definition) is 8. The van der Waals surface area contributed by atoms with Crippen molar-refractivity contribution in [3.05, 3.63) is 93.0 Å². The summed E-state index contributed by atoms with van der Waals surface area (Å²) in [7, 11) is -2.94. The van der Waals surface area contributed by atoms with Gasteiger partial charge in [-0.25, -0.2) is 8.42 Å². The first-order valence-electron chi connectivity index (χ1n) is 9.58. The molecule has 0 spiro atoms. The topological polar surface area (TPSA) is 162 Å². The van der Waals surface area contributed by atoms with Gasteiger partial charge in [0.15, 0.2) is 0 Å². The third-order valence-corrected chi connectivity index (χ3v) is 6.42. The van der Waals surface area contributed by atoms with Crippen LogP contribution < -0.4 is 14.4 Å². The monoisotopic (exact) mass is 486 g/mol. The number of anilines is 2. The van der Waals surface area contributed by atoms with E-state index < -0.39 is 32.3 Å². The second-order valence-electron chi connectivity index (χ2n) is 6.79. The number of benzene rings is 3. The number of amides is 1. The van der Waals surface area contributed by atoms with Crippen molar-refractivity contribution in [2.24, 2.45) is 0 Å². The van der Waals surface area contributed by atoms with Crippen LogP contribution in [0.15, 0.2) is 77.7 Å². The largest absolute Gasteiger partial charge is 0.495 e. The highest BCUT2D eigenvalue weighted by Gasteiger charge is 2.28. The number of ether oxygens (including phenoxy) is 1. The molecular formula is C21H18N4O8S. The van der Waals surface area contributed by atoms with Gasteiger partial charge >= 0.3 is 0 Å². The molecule has 0 bridgehead atoms. The van der Waals surface area contributed by atoms with Gasteiger partial charge in [0, 0.05) is 24.3 Å². The van der Waals surface area contributed by atoms with E-state index in [1.165, 1.54) is 55.6 Å². The van der Waals surface area contributed by atoms with Gasteiger partial charge in [0.2, 0.25) is 5.91 Å². The Bertz CT molecular complexity index is 1330. The minimum atomic E-state index is -4.25. The summed E-state index contributed by atoms with van der Waals surface area (Å²) in [6.07, 6.45) is 0. The summed E-state index contributed by atoms with van der Waals surface area (Å²) in [4.78, 5) is 33.5. The summed E-state index contributed by atoms with van der Waals surface area (Å²) in [6.45, 7) is -0.721. The van der Waals surface area contributed by atoms with Crippen molar-refractivity contribution >= 4 is 38.7 Å². The molecule has 3 rings (SSSR count). The molecule has 12 nitrogen and oxygen atoms in total. The molecule has 0 atom stereocenters. The Morgan fingerprint density at radius 1 is 0.941 bits per heavy atom. The van der Waals surface area contributed by atoms with E-state index in [-0.39, 0.29) is 33.4 Å². The van der Waals surface area contributed by atoms with Crippen LogP contribution >= 0.6 is 0 Å². The smallest absolute Gasteiger partial charge is 0.271 e. The molecule has 0 aliphatic carbocycles. The molecule has 0 aliphatic heterocycles. The molecule has 0 fully saturated rings. The van der Waals surface area contributed by atoms with Gasteiger partial charge in [-0.3, -0.25) is 29.3 Å². The lowest BCUT2D eigenvalue weighted by atomic mass is 10.2. The second kappa shape index (κ2) is 9.95. The van der Waals surface area contributed by atoms with Crippen molar-refractivity contribution < 1.29 is 27.8 Å². The van der Waals surface area contributed by atoms with Crippen molar-refractivity contribution in [3.63, 3.8) is 0 Å². The maximum Gasteiger partial charge on any atom is 0.271 e. The lowest BCUT2D eigenvalue weighted by Crippen LogP contribution is -2.38. The van der Waals surface area contributed by atoms with E-state index >= 15 is 0 Å². The van der Waals surface area contributed by atoms with Crippen LogP contribution in [0.2, 0.25) is 0 Å². The fourth-order valence-corrected chi connectivity index (χ4v) is 4.44. The van der Waals surface area contributed by atoms with Gasteiger partial charge in [0.05, 0.1) is 33.2 Å². The molecular weight excluding hydrogens is 468 g/mol. The van der Waals surface area contributed by atoms with Gasteiger partial charge in [0.25, 0.3) is 21.4 Å². The Labute approximate surface area is 193 Å². The molecule has 0 saturated heterocycles. The zero-order valence-electron chi connectivity index (χ0n) is 17.7. The van der Waals surface area contributed by atoms with Crippen molar-refractivity contribution in [2.75, 3.05) is 23.3 Å². The number of nitrogens with zero attached hydrogens (tertiary/aromatic N) is 3. The highest BCUT2D eigenvalue weighted by atomic mass is 32.2. The number of nitro benzene ring substituents is 2. The average molecular weight is 486 g/mol. The standard InChI is InChI=1S/C21H18N4O8S/c1-33-20-12-11-17(25(29)30)13-19(20)22-21(26)14-23(15-7-9-16(10-8-15)24(27)28)34(31,32)18-5-3-2-4-6-18/h2-13H,14H2,1H3,(H,22,26). The molecule has 3 aromatic carbocycles. The van der Waals surface area contributed by atoms with Crippen molar-refractivity contribution in [1.82, 2.24) is 0 Å². The Balaban J connectivity index is 1.98. The predicted molar refractivity (Wildman–Crippen MR) is 122 cm³/mol. The van der Waals surface area contributed by atoms with Crippen LogP contribution in [0.3, 0.4) is 0 Å². The van der Waals surface area contributed by atoms with E-state index in [4.69, 9.17) is 4.74 Å². The molecule has 176 valence electrons. The summed E-state index contributed by atoms with van der Waals surface area (Å²) >= 11 is 0. The van der Waals surface area contributed by atoms with Gasteiger partial charge in [-0.2, -0.15) is 0 Å². The zero-order valence-corrected chi connectivity index (χ0v) is 18.5. The van der Waals surface area contributed by atoms with Gasteiger partial charge in [-0.05, 0) is 30.3 Å². The molecule has 1 amide bonds. The van der Waals surface area contributed by atoms with Crippen LogP contribution in [0.1, 0.15) is 0 Å². The van der Waals surface area contributed by atoms with E-state index in [9.17, 15) is 33.4 Å². The molecule has 0 saturated carbocycles. The first-order chi connectivity index (χ1) is 16.1. The van der Waals surface area contributed by atoms with E-state index in [0.29, 0.717) is 0 Å². The lowest BCUT2D eigenvalue weighted by molar-refractivity contribution is -0.385. The maximum absolute atomic E-state index is 13.3. The van der Waals surface area contributed by atoms with Crippen LogP contribution in [-0.2, 0) is 14.8 Å². The zero-order chi connectivity index (χ0) is 24.9. The Kier molecular flexibility index (Phi) is 7.06. The van der Waals surface area contributed by atoms with Crippen LogP contribution in [0, 0.1) is 20.2 Å². The Hall–Kier alpha value is -4.52. The van der Waals surface area contributed by atoms with Gasteiger partial charge < -0.3 is 10.1 Å². The maximum atomic E-state index is 13.3. The van der Waals surface area contributed by atoms with Crippen LogP contribution in [-0.4, -0.2) is 37.8 Å². The van der Waals surface area contributed by atoms with E-state index in [2.05, 4.69) is 5.32 Å². The van der Waals surface area contributed by atoms with Crippen LogP contribution in [0.4, 0.5) is 22.7 Å². The number of methoxy groups -OCH3 is 1. The number of nitrogens with one attached hydrogen (secondary N) is 1. The Morgan fingerprint density at radius 3 is 2.09 bits per heavy atom. The molecule has 0 heterocycles. The first kappa shape index (κ1) is 24.1. The number of rotatable bonds is 9. The third kappa shape index (κ3) is 5.27. The number of sulfonamides is 1. The second-order valence-corrected chi connectivity index (χ2v) is 8.65. The number of hydrogen-bond donors (Lipinski definition) is 1. The van der Waals surface area contributed by atoms with Crippen molar-refractivity contribution in [3.8, 4) is 5.75 Å². The molecule has 34 heavy (non-hydrogen) atoms. The molecule has 0 unspecified atom stereocenters. The SMILES string of the molecule is COc1ccc([N+](=O)[O-])cc1NC(=O)CN(c1ccc([N+](=O)[O-])cc1)S(=O)(=O)c1ccccc1. The number of nitro groups is 2.